The monoisotopic (exact) mass is 736 g/mol. The van der Waals surface area contributed by atoms with Crippen LogP contribution in [-0.4, -0.2) is 33.3 Å². The zero-order chi connectivity index (χ0) is 36.8. The molecular weight excluding hydrogens is 697 g/mol. The summed E-state index contributed by atoms with van der Waals surface area (Å²) in [6.45, 7) is 5.53. The Kier molecular flexibility index (Phi) is 15.7. The fourth-order valence-electron chi connectivity index (χ4n) is 4.84. The van der Waals surface area contributed by atoms with E-state index in [2.05, 4.69) is 0 Å². The van der Waals surface area contributed by atoms with Crippen molar-refractivity contribution in [1.82, 2.24) is 0 Å². The molecule has 9 nitrogen and oxygen atoms in total. The summed E-state index contributed by atoms with van der Waals surface area (Å²) in [5.74, 6) is -1.29. The summed E-state index contributed by atoms with van der Waals surface area (Å²) in [5, 5.41) is 31.8. The van der Waals surface area contributed by atoms with E-state index in [1.54, 1.807) is 109 Å². The van der Waals surface area contributed by atoms with Crippen molar-refractivity contribution in [2.75, 3.05) is 15.2 Å². The maximum atomic E-state index is 12.0. The first kappa shape index (κ1) is 40.6. The first-order valence-corrected chi connectivity index (χ1v) is 16.0. The Balaban J connectivity index is 0.000000208. The Morgan fingerprint density at radius 1 is 0.346 bits per heavy atom. The molecule has 0 bridgehead atoms. The average Bonchev–Trinajstić information content (AvgIpc) is 3.18. The molecule has 1 radical (unpaired) electrons. The predicted molar refractivity (Wildman–Crippen MR) is 199 cm³/mol. The molecule has 265 valence electrons. The topological polar surface area (TPSA) is 122 Å². The number of rotatable bonds is 6. The van der Waals surface area contributed by atoms with E-state index in [1.165, 1.54) is 0 Å². The van der Waals surface area contributed by atoms with Crippen LogP contribution in [-0.2, 0) is 17.1 Å². The molecule has 10 heteroatoms. The molecule has 52 heavy (non-hydrogen) atoms. The van der Waals surface area contributed by atoms with Gasteiger partial charge in [0, 0.05) is 33.8 Å². The molecule has 0 aliphatic heterocycles. The first-order valence-electron chi connectivity index (χ1n) is 16.0. The summed E-state index contributed by atoms with van der Waals surface area (Å²) in [4.78, 5) is 35.9. The average molecular weight is 737 g/mol. The second-order valence-electron chi connectivity index (χ2n) is 11.3. The van der Waals surface area contributed by atoms with Gasteiger partial charge >= 0.3 is 0 Å². The molecule has 6 aromatic rings. The zero-order valence-electron chi connectivity index (χ0n) is 28.9. The Labute approximate surface area is 314 Å². The molecule has 0 heterocycles. The molecule has 6 rings (SSSR count). The van der Waals surface area contributed by atoms with Crippen molar-refractivity contribution in [3.8, 4) is 0 Å². The van der Waals surface area contributed by atoms with Gasteiger partial charge in [0.1, 0.15) is 0 Å². The number of aryl methyl sites for hydroxylation is 3. The third-order valence-electron chi connectivity index (χ3n) is 7.67. The van der Waals surface area contributed by atoms with Crippen LogP contribution in [0.3, 0.4) is 0 Å². The van der Waals surface area contributed by atoms with E-state index in [9.17, 15) is 30.0 Å². The number of para-hydroxylation sites is 3. The Bertz CT molecular complexity index is 1810. The smallest absolute Gasteiger partial charge is 0.281 e. The summed E-state index contributed by atoms with van der Waals surface area (Å²) < 4.78 is 0. The molecule has 0 saturated heterocycles. The van der Waals surface area contributed by atoms with E-state index >= 15 is 0 Å². The van der Waals surface area contributed by atoms with Gasteiger partial charge in [-0.05, 0) is 92.1 Å². The van der Waals surface area contributed by atoms with Gasteiger partial charge in [-0.1, -0.05) is 109 Å². The van der Waals surface area contributed by atoms with E-state index < -0.39 is 17.7 Å². The molecule has 0 unspecified atom stereocenters. The number of hydrogen-bond donors (Lipinski definition) is 3. The van der Waals surface area contributed by atoms with Crippen LogP contribution in [0.2, 0.25) is 0 Å². The zero-order valence-corrected chi connectivity index (χ0v) is 30.1. The van der Waals surface area contributed by atoms with Gasteiger partial charge in [0.2, 0.25) is 0 Å². The molecule has 0 spiro atoms. The quantitative estimate of drug-likeness (QED) is 0.0892. The van der Waals surface area contributed by atoms with E-state index in [4.69, 9.17) is 0 Å². The molecule has 0 saturated carbocycles. The van der Waals surface area contributed by atoms with Crippen LogP contribution in [0.15, 0.2) is 164 Å². The molecule has 0 fully saturated rings. The minimum Gasteiger partial charge on any atom is -0.281 e. The van der Waals surface area contributed by atoms with Crippen molar-refractivity contribution in [1.29, 1.82) is 0 Å². The minimum absolute atomic E-state index is 0. The second-order valence-corrected chi connectivity index (χ2v) is 11.3. The molecule has 3 N–H and O–H groups in total. The number of nitrogens with zero attached hydrogens (tertiary/aromatic N) is 3. The number of carbonyl (C=O) groups is 3. The summed E-state index contributed by atoms with van der Waals surface area (Å²) >= 11 is 0. The van der Waals surface area contributed by atoms with Crippen LogP contribution in [0.4, 0.5) is 17.1 Å². The van der Waals surface area contributed by atoms with E-state index in [0.717, 1.165) is 16.7 Å². The number of amides is 3. The standard InChI is InChI=1S/3C14H13NO2.Mn/c3*1-11-7-5-6-10-13(11)15(17)14(16)12-8-3-2-4-9-12;/h3*2-10,17H,1H3;. The van der Waals surface area contributed by atoms with Crippen molar-refractivity contribution >= 4 is 34.8 Å². The van der Waals surface area contributed by atoms with Crippen molar-refractivity contribution in [3.63, 3.8) is 0 Å². The fourth-order valence-corrected chi connectivity index (χ4v) is 4.84. The van der Waals surface area contributed by atoms with Crippen LogP contribution in [0, 0.1) is 20.8 Å². The second kappa shape index (κ2) is 20.1. The predicted octanol–water partition coefficient (Wildman–Crippen LogP) is 9.09. The van der Waals surface area contributed by atoms with Crippen LogP contribution < -0.4 is 15.2 Å². The summed E-state index contributed by atoms with van der Waals surface area (Å²) in [6.07, 6.45) is 0. The molecular formula is C42H39MnN3O6. The number of benzene rings is 6. The van der Waals surface area contributed by atoms with Gasteiger partial charge in [-0.15, -0.1) is 0 Å². The number of hydrogen-bond acceptors (Lipinski definition) is 6. The fraction of sp³-hybridized carbons (Fsp3) is 0.0714. The SMILES string of the molecule is Cc1ccccc1N(O)C(=O)c1ccccc1.Cc1ccccc1N(O)C(=O)c1ccccc1.Cc1ccccc1N(O)C(=O)c1ccccc1.[Mn]. The molecule has 0 atom stereocenters. The van der Waals surface area contributed by atoms with Crippen LogP contribution in [0.5, 0.6) is 0 Å². The van der Waals surface area contributed by atoms with E-state index in [-0.39, 0.29) is 17.1 Å². The molecule has 6 aromatic carbocycles. The van der Waals surface area contributed by atoms with Crippen molar-refractivity contribution in [2.45, 2.75) is 20.8 Å². The third kappa shape index (κ3) is 10.8. The maximum Gasteiger partial charge on any atom is 0.281 e. The molecule has 0 aliphatic rings. The van der Waals surface area contributed by atoms with Crippen molar-refractivity contribution in [3.05, 3.63) is 197 Å². The van der Waals surface area contributed by atoms with Gasteiger partial charge in [-0.3, -0.25) is 30.0 Å². The van der Waals surface area contributed by atoms with Crippen molar-refractivity contribution < 1.29 is 47.1 Å². The Morgan fingerprint density at radius 3 is 0.750 bits per heavy atom. The van der Waals surface area contributed by atoms with Gasteiger partial charge in [0.25, 0.3) is 17.7 Å². The normalized spacial score (nSPS) is 9.81. The first-order chi connectivity index (χ1) is 24.6. The van der Waals surface area contributed by atoms with Crippen LogP contribution in [0.1, 0.15) is 47.8 Å². The van der Waals surface area contributed by atoms with Crippen LogP contribution >= 0.6 is 0 Å². The van der Waals surface area contributed by atoms with E-state index in [0.29, 0.717) is 48.9 Å². The minimum atomic E-state index is -0.431. The van der Waals surface area contributed by atoms with Crippen molar-refractivity contribution in [2.24, 2.45) is 0 Å². The van der Waals surface area contributed by atoms with Gasteiger partial charge in [0.05, 0.1) is 17.1 Å². The summed E-state index contributed by atoms with van der Waals surface area (Å²) in [5.41, 5.74) is 5.41. The molecule has 0 aromatic heterocycles. The number of anilines is 3. The van der Waals surface area contributed by atoms with Gasteiger partial charge in [-0.25, -0.2) is 0 Å². The van der Waals surface area contributed by atoms with Crippen LogP contribution in [0.25, 0.3) is 0 Å². The van der Waals surface area contributed by atoms with Gasteiger partial charge in [0.15, 0.2) is 0 Å². The molecule has 3 amide bonds. The third-order valence-corrected chi connectivity index (χ3v) is 7.67. The summed E-state index contributed by atoms with van der Waals surface area (Å²) in [6, 6.07) is 47.6. The maximum absolute atomic E-state index is 12.0. The largest absolute Gasteiger partial charge is 0.281 e. The van der Waals surface area contributed by atoms with E-state index in [1.807, 2.05) is 75.4 Å². The van der Waals surface area contributed by atoms with Gasteiger partial charge in [-0.2, -0.15) is 15.2 Å². The summed E-state index contributed by atoms with van der Waals surface area (Å²) in [7, 11) is 0. The Morgan fingerprint density at radius 2 is 0.538 bits per heavy atom. The van der Waals surface area contributed by atoms with Gasteiger partial charge < -0.3 is 0 Å². The number of carbonyl (C=O) groups excluding carboxylic acids is 3. The Hall–Kier alpha value is -5.87. The number of hydroxylamine groups is 3. The molecule has 0 aliphatic carbocycles.